The molecule has 0 atom stereocenters. The van der Waals surface area contributed by atoms with Gasteiger partial charge in [-0.1, -0.05) is 17.3 Å². The predicted octanol–water partition coefficient (Wildman–Crippen LogP) is 3.78. The molecule has 1 fully saturated rings. The Morgan fingerprint density at radius 3 is 2.75 bits per heavy atom. The van der Waals surface area contributed by atoms with E-state index < -0.39 is 0 Å². The summed E-state index contributed by atoms with van der Waals surface area (Å²) in [5.41, 5.74) is 9.09. The molecule has 0 spiro atoms. The first kappa shape index (κ1) is 20.0. The summed E-state index contributed by atoms with van der Waals surface area (Å²) in [6, 6.07) is 13.8. The van der Waals surface area contributed by atoms with Crippen LogP contribution in [0.3, 0.4) is 0 Å². The molecule has 32 heavy (non-hydrogen) atoms. The first-order valence-corrected chi connectivity index (χ1v) is 10.7. The molecule has 164 valence electrons. The van der Waals surface area contributed by atoms with E-state index in [9.17, 15) is 0 Å². The maximum Gasteiger partial charge on any atom is 0.233 e. The fourth-order valence-corrected chi connectivity index (χ4v) is 3.57. The van der Waals surface area contributed by atoms with Gasteiger partial charge in [-0.3, -0.25) is 10.00 Å². The summed E-state index contributed by atoms with van der Waals surface area (Å²) in [5, 5.41) is 11.8. The molecule has 3 heterocycles. The standard InChI is InChI=1S/C23H25N7O2/c1-31-18-8-3-15(4-9-18)2-7-17-12-22(28-27-17)30(23-25-11-10-21(24)26-23)14-19-13-20(29-32-19)16-5-6-16/h3-4,8-13,16H,2,5-7,14H2,1H3,(H,27,28)(H2,24,25,26). The third-order valence-corrected chi connectivity index (χ3v) is 5.53. The van der Waals surface area contributed by atoms with Crippen molar-refractivity contribution in [3.8, 4) is 5.75 Å². The number of ether oxygens (including phenoxy) is 1. The Labute approximate surface area is 185 Å². The lowest BCUT2D eigenvalue weighted by Crippen LogP contribution is -2.19. The Morgan fingerprint density at radius 2 is 2.00 bits per heavy atom. The molecule has 4 aromatic rings. The molecule has 0 saturated heterocycles. The van der Waals surface area contributed by atoms with E-state index in [0.29, 0.717) is 24.2 Å². The number of nitrogens with one attached hydrogen (secondary N) is 1. The molecule has 9 heteroatoms. The highest BCUT2D eigenvalue weighted by Gasteiger charge is 2.28. The summed E-state index contributed by atoms with van der Waals surface area (Å²) in [7, 11) is 1.67. The average Bonchev–Trinajstić information content (AvgIpc) is 3.37. The van der Waals surface area contributed by atoms with Crippen LogP contribution >= 0.6 is 0 Å². The Morgan fingerprint density at radius 1 is 1.16 bits per heavy atom. The van der Waals surface area contributed by atoms with Crippen molar-refractivity contribution in [2.75, 3.05) is 17.7 Å². The minimum atomic E-state index is 0.399. The van der Waals surface area contributed by atoms with Gasteiger partial charge in [-0.05, 0) is 49.4 Å². The molecule has 5 rings (SSSR count). The second kappa shape index (κ2) is 8.70. The summed E-state index contributed by atoms with van der Waals surface area (Å²) in [6.45, 7) is 0.420. The predicted molar refractivity (Wildman–Crippen MR) is 120 cm³/mol. The molecular formula is C23H25N7O2. The molecule has 9 nitrogen and oxygen atoms in total. The number of methoxy groups -OCH3 is 1. The van der Waals surface area contributed by atoms with Crippen molar-refractivity contribution in [3.05, 3.63) is 71.4 Å². The third-order valence-electron chi connectivity index (χ3n) is 5.53. The molecule has 0 unspecified atom stereocenters. The third kappa shape index (κ3) is 4.56. The molecule has 3 aromatic heterocycles. The van der Waals surface area contributed by atoms with Gasteiger partial charge in [0.2, 0.25) is 5.95 Å². The van der Waals surface area contributed by atoms with Crippen molar-refractivity contribution in [1.29, 1.82) is 0 Å². The second-order valence-electron chi connectivity index (χ2n) is 7.95. The zero-order valence-electron chi connectivity index (χ0n) is 17.9. The molecule has 1 aliphatic carbocycles. The van der Waals surface area contributed by atoms with Crippen LogP contribution in [0.2, 0.25) is 0 Å². The van der Waals surface area contributed by atoms with E-state index in [1.54, 1.807) is 19.4 Å². The first-order chi connectivity index (χ1) is 15.7. The fraction of sp³-hybridized carbons (Fsp3) is 0.304. The number of nitrogens with zero attached hydrogens (tertiary/aromatic N) is 5. The summed E-state index contributed by atoms with van der Waals surface area (Å²) in [4.78, 5) is 10.7. The van der Waals surface area contributed by atoms with Gasteiger partial charge in [-0.15, -0.1) is 0 Å². The Kier molecular flexibility index (Phi) is 5.45. The molecule has 1 saturated carbocycles. The van der Waals surface area contributed by atoms with Crippen molar-refractivity contribution in [3.63, 3.8) is 0 Å². The smallest absolute Gasteiger partial charge is 0.233 e. The maximum atomic E-state index is 5.91. The topological polar surface area (TPSA) is 119 Å². The van der Waals surface area contributed by atoms with Crippen LogP contribution in [0.5, 0.6) is 5.75 Å². The van der Waals surface area contributed by atoms with Crippen molar-refractivity contribution in [2.24, 2.45) is 0 Å². The number of rotatable bonds is 9. The van der Waals surface area contributed by atoms with Crippen LogP contribution in [0.1, 0.15) is 41.5 Å². The van der Waals surface area contributed by atoms with Crippen LogP contribution in [-0.2, 0) is 19.4 Å². The largest absolute Gasteiger partial charge is 0.497 e. The van der Waals surface area contributed by atoms with Crippen LogP contribution in [0, 0.1) is 0 Å². The second-order valence-corrected chi connectivity index (χ2v) is 7.95. The van der Waals surface area contributed by atoms with Gasteiger partial charge in [-0.2, -0.15) is 10.1 Å². The first-order valence-electron chi connectivity index (χ1n) is 10.7. The highest BCUT2D eigenvalue weighted by molar-refractivity contribution is 5.54. The monoisotopic (exact) mass is 431 g/mol. The number of nitrogen functional groups attached to an aromatic ring is 1. The van der Waals surface area contributed by atoms with Crippen LogP contribution in [0.4, 0.5) is 17.6 Å². The molecule has 0 bridgehead atoms. The number of hydrogen-bond donors (Lipinski definition) is 2. The molecule has 3 N–H and O–H groups in total. The Balaban J connectivity index is 1.34. The van der Waals surface area contributed by atoms with Gasteiger partial charge in [0.1, 0.15) is 17.4 Å². The van der Waals surface area contributed by atoms with Gasteiger partial charge in [-0.25, -0.2) is 4.98 Å². The molecule has 1 aliphatic rings. The number of hydrogen-bond acceptors (Lipinski definition) is 8. The number of anilines is 3. The number of nitrogens with two attached hydrogens (primary N) is 1. The van der Waals surface area contributed by atoms with E-state index in [-0.39, 0.29) is 0 Å². The van der Waals surface area contributed by atoms with Crippen LogP contribution < -0.4 is 15.4 Å². The molecular weight excluding hydrogens is 406 g/mol. The highest BCUT2D eigenvalue weighted by Crippen LogP contribution is 2.39. The lowest BCUT2D eigenvalue weighted by atomic mass is 10.1. The van der Waals surface area contributed by atoms with Gasteiger partial charge in [0, 0.05) is 24.2 Å². The number of aromatic amines is 1. The molecule has 1 aromatic carbocycles. The lowest BCUT2D eigenvalue weighted by molar-refractivity contribution is 0.377. The van der Waals surface area contributed by atoms with Gasteiger partial charge in [0.15, 0.2) is 5.76 Å². The lowest BCUT2D eigenvalue weighted by Gasteiger charge is -2.19. The number of aryl methyl sites for hydroxylation is 2. The van der Waals surface area contributed by atoms with Crippen molar-refractivity contribution < 1.29 is 9.26 Å². The average molecular weight is 432 g/mol. The van der Waals surface area contributed by atoms with Gasteiger partial charge >= 0.3 is 0 Å². The molecule has 0 aliphatic heterocycles. The number of benzene rings is 1. The zero-order valence-corrected chi connectivity index (χ0v) is 17.9. The van der Waals surface area contributed by atoms with E-state index >= 15 is 0 Å². The van der Waals surface area contributed by atoms with Gasteiger partial charge in [0.05, 0.1) is 25.0 Å². The van der Waals surface area contributed by atoms with E-state index in [4.69, 9.17) is 15.0 Å². The minimum Gasteiger partial charge on any atom is -0.497 e. The summed E-state index contributed by atoms with van der Waals surface area (Å²) < 4.78 is 10.8. The zero-order chi connectivity index (χ0) is 21.9. The van der Waals surface area contributed by atoms with E-state index in [0.717, 1.165) is 41.6 Å². The minimum absolute atomic E-state index is 0.399. The number of aromatic nitrogens is 5. The van der Waals surface area contributed by atoms with Crippen molar-refractivity contribution >= 4 is 17.6 Å². The van der Waals surface area contributed by atoms with Crippen LogP contribution in [0.15, 0.2) is 53.2 Å². The van der Waals surface area contributed by atoms with E-state index in [2.05, 4.69) is 37.5 Å². The highest BCUT2D eigenvalue weighted by atomic mass is 16.5. The quantitative estimate of drug-likeness (QED) is 0.411. The molecule has 0 radical (unpaired) electrons. The van der Waals surface area contributed by atoms with E-state index in [1.807, 2.05) is 29.2 Å². The summed E-state index contributed by atoms with van der Waals surface area (Å²) >= 11 is 0. The van der Waals surface area contributed by atoms with E-state index in [1.165, 1.54) is 18.4 Å². The summed E-state index contributed by atoms with van der Waals surface area (Å²) in [6.07, 6.45) is 5.65. The summed E-state index contributed by atoms with van der Waals surface area (Å²) in [5.74, 6) is 3.76. The number of H-pyrrole nitrogens is 1. The normalized spacial score (nSPS) is 13.3. The maximum absolute atomic E-state index is 5.91. The van der Waals surface area contributed by atoms with Crippen molar-refractivity contribution in [1.82, 2.24) is 25.3 Å². The Bertz CT molecular complexity index is 1180. The van der Waals surface area contributed by atoms with Gasteiger partial charge < -0.3 is 15.0 Å². The van der Waals surface area contributed by atoms with Crippen LogP contribution in [0.25, 0.3) is 0 Å². The van der Waals surface area contributed by atoms with Crippen LogP contribution in [-0.4, -0.2) is 32.4 Å². The Hall–Kier alpha value is -3.88. The molecule has 0 amide bonds. The van der Waals surface area contributed by atoms with Crippen molar-refractivity contribution in [2.45, 2.75) is 38.1 Å². The van der Waals surface area contributed by atoms with Gasteiger partial charge in [0.25, 0.3) is 0 Å². The SMILES string of the molecule is COc1ccc(CCc2cc(N(Cc3cc(C4CC4)no3)c3nccc(N)n3)[nH]n2)cc1. The fourth-order valence-electron chi connectivity index (χ4n) is 3.57.